The maximum atomic E-state index is 13.2. The predicted octanol–water partition coefficient (Wildman–Crippen LogP) is 4.09. The number of alkyl halides is 2. The van der Waals surface area contributed by atoms with Crippen molar-refractivity contribution in [2.24, 2.45) is 0 Å². The van der Waals surface area contributed by atoms with E-state index in [1.165, 1.54) is 31.4 Å². The van der Waals surface area contributed by atoms with Crippen molar-refractivity contribution in [2.45, 2.75) is 13.3 Å². The summed E-state index contributed by atoms with van der Waals surface area (Å²) < 4.78 is 30.9. The number of aromatic hydroxyl groups is 1. The summed E-state index contributed by atoms with van der Waals surface area (Å²) in [4.78, 5) is 11.9. The number of carbonyl (C=O) groups excluding carboxylic acids is 1. The van der Waals surface area contributed by atoms with E-state index in [0.29, 0.717) is 5.56 Å². The second-order valence-electron chi connectivity index (χ2n) is 4.59. The van der Waals surface area contributed by atoms with Gasteiger partial charge in [0.15, 0.2) is 0 Å². The fourth-order valence-corrected chi connectivity index (χ4v) is 2.23. The van der Waals surface area contributed by atoms with Crippen LogP contribution in [-0.4, -0.2) is 18.2 Å². The summed E-state index contributed by atoms with van der Waals surface area (Å²) in [6, 6.07) is 8.84. The number of aryl methyl sites for hydroxylation is 1. The Morgan fingerprint density at radius 1 is 1.19 bits per heavy atom. The van der Waals surface area contributed by atoms with Gasteiger partial charge in [-0.05, 0) is 24.1 Å². The van der Waals surface area contributed by atoms with E-state index in [-0.39, 0.29) is 28.0 Å². The van der Waals surface area contributed by atoms with E-state index >= 15 is 0 Å². The van der Waals surface area contributed by atoms with Crippen LogP contribution in [0.1, 0.15) is 27.9 Å². The molecule has 0 amide bonds. The Kier molecular flexibility index (Phi) is 4.21. The fraction of sp³-hybridized carbons (Fsp3) is 0.188. The van der Waals surface area contributed by atoms with Gasteiger partial charge in [-0.3, -0.25) is 0 Å². The molecule has 21 heavy (non-hydrogen) atoms. The first-order valence-electron chi connectivity index (χ1n) is 6.25. The number of hydrogen-bond donors (Lipinski definition) is 1. The molecule has 0 aromatic heterocycles. The Morgan fingerprint density at radius 3 is 2.48 bits per heavy atom. The molecule has 0 radical (unpaired) electrons. The minimum atomic E-state index is -2.69. The minimum absolute atomic E-state index is 0.115. The van der Waals surface area contributed by atoms with E-state index in [0.717, 1.165) is 0 Å². The molecule has 2 aromatic carbocycles. The molecule has 0 unspecified atom stereocenters. The highest BCUT2D eigenvalue weighted by Gasteiger charge is 2.22. The maximum Gasteiger partial charge on any atom is 0.342 e. The molecule has 110 valence electrons. The lowest BCUT2D eigenvalue weighted by Crippen LogP contribution is -2.05. The van der Waals surface area contributed by atoms with Crippen molar-refractivity contribution in [3.8, 4) is 16.9 Å². The average molecular weight is 292 g/mol. The topological polar surface area (TPSA) is 46.5 Å². The van der Waals surface area contributed by atoms with E-state index in [4.69, 9.17) is 0 Å². The van der Waals surface area contributed by atoms with Crippen LogP contribution < -0.4 is 0 Å². The summed E-state index contributed by atoms with van der Waals surface area (Å²) in [7, 11) is 1.17. The van der Waals surface area contributed by atoms with Crippen LogP contribution in [0.25, 0.3) is 11.1 Å². The molecule has 1 N–H and O–H groups in total. The van der Waals surface area contributed by atoms with E-state index in [1.54, 1.807) is 19.1 Å². The first-order valence-corrected chi connectivity index (χ1v) is 6.25. The molecule has 0 heterocycles. The Morgan fingerprint density at radius 2 is 1.86 bits per heavy atom. The number of rotatable bonds is 3. The van der Waals surface area contributed by atoms with Crippen LogP contribution in [0, 0.1) is 6.92 Å². The van der Waals surface area contributed by atoms with Crippen LogP contribution in [0.3, 0.4) is 0 Å². The van der Waals surface area contributed by atoms with Crippen LogP contribution in [0.4, 0.5) is 8.78 Å². The number of halogens is 2. The summed E-state index contributed by atoms with van der Waals surface area (Å²) in [6.45, 7) is 1.70. The smallest absolute Gasteiger partial charge is 0.342 e. The number of ether oxygens (including phenoxy) is 1. The molecule has 0 saturated heterocycles. The summed E-state index contributed by atoms with van der Waals surface area (Å²) in [5.41, 5.74) is 0.769. The van der Waals surface area contributed by atoms with E-state index in [9.17, 15) is 18.7 Å². The van der Waals surface area contributed by atoms with Crippen molar-refractivity contribution in [3.63, 3.8) is 0 Å². The van der Waals surface area contributed by atoms with Crippen molar-refractivity contribution in [1.82, 2.24) is 0 Å². The van der Waals surface area contributed by atoms with Gasteiger partial charge in [-0.15, -0.1) is 0 Å². The van der Waals surface area contributed by atoms with Crippen molar-refractivity contribution in [3.05, 3.63) is 53.1 Å². The van der Waals surface area contributed by atoms with Gasteiger partial charge >= 0.3 is 5.97 Å². The maximum absolute atomic E-state index is 13.2. The molecular formula is C16H14F2O3. The van der Waals surface area contributed by atoms with Gasteiger partial charge in [-0.2, -0.15) is 0 Å². The van der Waals surface area contributed by atoms with Gasteiger partial charge in [0.2, 0.25) is 0 Å². The molecule has 0 saturated carbocycles. The number of phenols is 1. The van der Waals surface area contributed by atoms with Crippen molar-refractivity contribution in [2.75, 3.05) is 7.11 Å². The Balaban J connectivity index is 2.77. The average Bonchev–Trinajstić information content (AvgIpc) is 2.45. The van der Waals surface area contributed by atoms with Crippen molar-refractivity contribution >= 4 is 5.97 Å². The van der Waals surface area contributed by atoms with Crippen LogP contribution >= 0.6 is 0 Å². The van der Waals surface area contributed by atoms with Gasteiger partial charge in [0.25, 0.3) is 6.43 Å². The first kappa shape index (κ1) is 15.0. The van der Waals surface area contributed by atoms with Crippen LogP contribution in [0.2, 0.25) is 0 Å². The SMILES string of the molecule is COC(=O)c1c(O)cc(C)cc1-c1ccccc1C(F)F. The van der Waals surface area contributed by atoms with Gasteiger partial charge in [-0.25, -0.2) is 13.6 Å². The molecule has 0 aliphatic heterocycles. The zero-order chi connectivity index (χ0) is 15.6. The molecule has 2 rings (SSSR count). The molecule has 0 aliphatic rings. The van der Waals surface area contributed by atoms with Gasteiger partial charge in [0.1, 0.15) is 11.3 Å². The molecule has 2 aromatic rings. The molecule has 5 heteroatoms. The normalized spacial score (nSPS) is 10.7. The predicted molar refractivity (Wildman–Crippen MR) is 74.6 cm³/mol. The molecule has 0 fully saturated rings. The lowest BCUT2D eigenvalue weighted by molar-refractivity contribution is 0.0598. The van der Waals surface area contributed by atoms with Crippen LogP contribution in [-0.2, 0) is 4.74 Å². The number of carbonyl (C=O) groups is 1. The van der Waals surface area contributed by atoms with Gasteiger partial charge in [-0.1, -0.05) is 30.3 Å². The molecule has 0 bridgehead atoms. The van der Waals surface area contributed by atoms with E-state index < -0.39 is 12.4 Å². The number of phenolic OH excluding ortho intramolecular Hbond substituents is 1. The summed E-state index contributed by atoms with van der Waals surface area (Å²) >= 11 is 0. The van der Waals surface area contributed by atoms with Crippen molar-refractivity contribution in [1.29, 1.82) is 0 Å². The molecular weight excluding hydrogens is 278 g/mol. The van der Waals surface area contributed by atoms with Gasteiger partial charge < -0.3 is 9.84 Å². The third-order valence-electron chi connectivity index (χ3n) is 3.14. The monoisotopic (exact) mass is 292 g/mol. The number of methoxy groups -OCH3 is 1. The van der Waals surface area contributed by atoms with E-state index in [1.807, 2.05) is 0 Å². The second kappa shape index (κ2) is 5.91. The Hall–Kier alpha value is -2.43. The minimum Gasteiger partial charge on any atom is -0.507 e. The number of benzene rings is 2. The summed E-state index contributed by atoms with van der Waals surface area (Å²) in [6.07, 6.45) is -2.69. The lowest BCUT2D eigenvalue weighted by Gasteiger charge is -2.14. The van der Waals surface area contributed by atoms with E-state index in [2.05, 4.69) is 4.74 Å². The first-order chi connectivity index (χ1) is 9.95. The molecule has 0 aliphatic carbocycles. The highest BCUT2D eigenvalue weighted by atomic mass is 19.3. The summed E-state index contributed by atoms with van der Waals surface area (Å²) in [5, 5.41) is 9.98. The largest absolute Gasteiger partial charge is 0.507 e. The highest BCUT2D eigenvalue weighted by molar-refractivity contribution is 6.00. The highest BCUT2D eigenvalue weighted by Crippen LogP contribution is 2.37. The quantitative estimate of drug-likeness (QED) is 0.867. The number of esters is 1. The fourth-order valence-electron chi connectivity index (χ4n) is 2.23. The zero-order valence-electron chi connectivity index (χ0n) is 11.6. The number of hydrogen-bond acceptors (Lipinski definition) is 3. The summed E-state index contributed by atoms with van der Waals surface area (Å²) in [5.74, 6) is -1.06. The van der Waals surface area contributed by atoms with Gasteiger partial charge in [0.05, 0.1) is 7.11 Å². The lowest BCUT2D eigenvalue weighted by atomic mass is 9.93. The van der Waals surface area contributed by atoms with Crippen LogP contribution in [0.15, 0.2) is 36.4 Å². The van der Waals surface area contributed by atoms with Crippen molar-refractivity contribution < 1.29 is 23.4 Å². The zero-order valence-corrected chi connectivity index (χ0v) is 11.6. The standard InChI is InChI=1S/C16H14F2O3/c1-9-7-12(14(13(19)8-9)16(20)21-2)10-5-3-4-6-11(10)15(17)18/h3-8,15,19H,1-2H3. The molecule has 0 spiro atoms. The Bertz CT molecular complexity index is 681. The third-order valence-corrected chi connectivity index (χ3v) is 3.14. The molecule has 0 atom stereocenters. The second-order valence-corrected chi connectivity index (χ2v) is 4.59. The Labute approximate surface area is 120 Å². The van der Waals surface area contributed by atoms with Crippen LogP contribution in [0.5, 0.6) is 5.75 Å². The third kappa shape index (κ3) is 2.86. The molecule has 3 nitrogen and oxygen atoms in total. The van der Waals surface area contributed by atoms with Gasteiger partial charge in [0, 0.05) is 11.1 Å².